The van der Waals surface area contributed by atoms with Crippen LogP contribution in [0.25, 0.3) is 11.2 Å². The maximum atomic E-state index is 12.6. The Morgan fingerprint density at radius 2 is 2.11 bits per heavy atom. The maximum Gasteiger partial charge on any atom is 0.406 e. The minimum absolute atomic E-state index is 0.0478. The SMILES string of the molecule is COc1ncnc2c1nc(C(C)Cl)n2CC(F)(F)F. The van der Waals surface area contributed by atoms with Crippen LogP contribution in [-0.4, -0.2) is 32.8 Å². The Morgan fingerprint density at radius 3 is 2.63 bits per heavy atom. The highest BCUT2D eigenvalue weighted by Gasteiger charge is 2.32. The summed E-state index contributed by atoms with van der Waals surface area (Å²) in [6, 6.07) is 0. The molecule has 0 aliphatic carbocycles. The molecule has 19 heavy (non-hydrogen) atoms. The van der Waals surface area contributed by atoms with Crippen molar-refractivity contribution in [1.29, 1.82) is 0 Å². The van der Waals surface area contributed by atoms with E-state index >= 15 is 0 Å². The van der Waals surface area contributed by atoms with Crippen LogP contribution in [0, 0.1) is 0 Å². The lowest BCUT2D eigenvalue weighted by atomic mass is 10.4. The monoisotopic (exact) mass is 294 g/mol. The fourth-order valence-corrected chi connectivity index (χ4v) is 1.89. The molecule has 0 saturated heterocycles. The second kappa shape index (κ2) is 4.84. The first kappa shape index (κ1) is 13.9. The highest BCUT2D eigenvalue weighted by atomic mass is 35.5. The number of rotatable bonds is 3. The molecule has 0 aliphatic rings. The number of fused-ring (bicyclic) bond motifs is 1. The van der Waals surface area contributed by atoms with Gasteiger partial charge in [-0.3, -0.25) is 0 Å². The summed E-state index contributed by atoms with van der Waals surface area (Å²) in [4.78, 5) is 11.7. The smallest absolute Gasteiger partial charge is 0.406 e. The lowest BCUT2D eigenvalue weighted by Gasteiger charge is -2.12. The zero-order valence-electron chi connectivity index (χ0n) is 10.1. The summed E-state index contributed by atoms with van der Waals surface area (Å²) in [5, 5.41) is -0.693. The van der Waals surface area contributed by atoms with Gasteiger partial charge < -0.3 is 9.30 Å². The molecule has 0 aromatic carbocycles. The topological polar surface area (TPSA) is 52.8 Å². The lowest BCUT2D eigenvalue weighted by molar-refractivity contribution is -0.140. The van der Waals surface area contributed by atoms with Gasteiger partial charge in [0.05, 0.1) is 12.5 Å². The third-order valence-corrected chi connectivity index (χ3v) is 2.61. The number of nitrogens with zero attached hydrogens (tertiary/aromatic N) is 4. The summed E-state index contributed by atoms with van der Waals surface area (Å²) in [7, 11) is 1.36. The fraction of sp³-hybridized carbons (Fsp3) is 0.500. The molecule has 0 saturated carbocycles. The number of alkyl halides is 4. The average molecular weight is 295 g/mol. The second-order valence-corrected chi connectivity index (χ2v) is 4.50. The molecule has 0 radical (unpaired) electrons. The molecule has 0 N–H and O–H groups in total. The van der Waals surface area contributed by atoms with Crippen molar-refractivity contribution >= 4 is 22.8 Å². The normalized spacial score (nSPS) is 13.8. The molecule has 5 nitrogen and oxygen atoms in total. The van der Waals surface area contributed by atoms with Crippen LogP contribution >= 0.6 is 11.6 Å². The Kier molecular flexibility index (Phi) is 3.53. The average Bonchev–Trinajstić information content (AvgIpc) is 2.66. The Morgan fingerprint density at radius 1 is 1.42 bits per heavy atom. The molecule has 1 atom stereocenters. The lowest BCUT2D eigenvalue weighted by Crippen LogP contribution is -2.20. The number of hydrogen-bond donors (Lipinski definition) is 0. The molecule has 0 aliphatic heterocycles. The number of aromatic nitrogens is 4. The van der Waals surface area contributed by atoms with Crippen LogP contribution < -0.4 is 4.74 Å². The first-order valence-corrected chi connectivity index (χ1v) is 5.73. The highest BCUT2D eigenvalue weighted by molar-refractivity contribution is 6.20. The van der Waals surface area contributed by atoms with Gasteiger partial charge in [-0.25, -0.2) is 9.97 Å². The molecule has 9 heteroatoms. The second-order valence-electron chi connectivity index (χ2n) is 3.84. The van der Waals surface area contributed by atoms with Crippen LogP contribution in [0.3, 0.4) is 0 Å². The fourth-order valence-electron chi connectivity index (χ4n) is 1.72. The van der Waals surface area contributed by atoms with Crippen molar-refractivity contribution in [3.8, 4) is 5.88 Å². The quantitative estimate of drug-likeness (QED) is 0.817. The summed E-state index contributed by atoms with van der Waals surface area (Å²) in [6.45, 7) is 0.325. The molecule has 0 bridgehead atoms. The Bertz CT molecular complexity index is 596. The van der Waals surface area contributed by atoms with Crippen LogP contribution in [0.2, 0.25) is 0 Å². The third-order valence-electron chi connectivity index (χ3n) is 2.41. The van der Waals surface area contributed by atoms with E-state index in [0.29, 0.717) is 0 Å². The molecular weight excluding hydrogens is 285 g/mol. The van der Waals surface area contributed by atoms with Crippen molar-refractivity contribution in [3.63, 3.8) is 0 Å². The van der Waals surface area contributed by atoms with Gasteiger partial charge in [0, 0.05) is 0 Å². The van der Waals surface area contributed by atoms with Gasteiger partial charge in [0.2, 0.25) is 5.88 Å². The molecule has 104 valence electrons. The van der Waals surface area contributed by atoms with Gasteiger partial charge in [0.25, 0.3) is 0 Å². The zero-order chi connectivity index (χ0) is 14.2. The van der Waals surface area contributed by atoms with E-state index in [0.717, 1.165) is 10.9 Å². The van der Waals surface area contributed by atoms with Crippen molar-refractivity contribution in [2.75, 3.05) is 7.11 Å². The molecular formula is C10H10ClF3N4O. The van der Waals surface area contributed by atoms with Crippen molar-refractivity contribution in [3.05, 3.63) is 12.2 Å². The van der Waals surface area contributed by atoms with Gasteiger partial charge in [-0.05, 0) is 6.92 Å². The van der Waals surface area contributed by atoms with Gasteiger partial charge in [0.1, 0.15) is 18.7 Å². The molecule has 2 rings (SSSR count). The zero-order valence-corrected chi connectivity index (χ0v) is 10.8. The predicted molar refractivity (Wildman–Crippen MR) is 62.2 cm³/mol. The largest absolute Gasteiger partial charge is 0.479 e. The number of methoxy groups -OCH3 is 1. The Hall–Kier alpha value is -1.57. The summed E-state index contributed by atoms with van der Waals surface area (Å²) in [5.74, 6) is 0.192. The molecule has 2 aromatic rings. The summed E-state index contributed by atoms with van der Waals surface area (Å²) < 4.78 is 43.7. The number of hydrogen-bond acceptors (Lipinski definition) is 4. The predicted octanol–water partition coefficient (Wildman–Crippen LogP) is 2.70. The molecule has 0 fully saturated rings. The number of halogens is 4. The molecule has 1 unspecified atom stereocenters. The van der Waals surface area contributed by atoms with Gasteiger partial charge in [0.15, 0.2) is 11.2 Å². The van der Waals surface area contributed by atoms with E-state index in [-0.39, 0.29) is 22.9 Å². The van der Waals surface area contributed by atoms with Crippen LogP contribution in [-0.2, 0) is 6.54 Å². The van der Waals surface area contributed by atoms with Gasteiger partial charge >= 0.3 is 6.18 Å². The molecule has 0 spiro atoms. The number of imidazole rings is 1. The van der Waals surface area contributed by atoms with Crippen molar-refractivity contribution < 1.29 is 17.9 Å². The maximum absolute atomic E-state index is 12.6. The van der Waals surface area contributed by atoms with Crippen LogP contribution in [0.4, 0.5) is 13.2 Å². The van der Waals surface area contributed by atoms with Gasteiger partial charge in [-0.15, -0.1) is 11.6 Å². The van der Waals surface area contributed by atoms with Crippen LogP contribution in [0.15, 0.2) is 6.33 Å². The Balaban J connectivity index is 2.67. The molecule has 0 amide bonds. The summed E-state index contributed by atoms with van der Waals surface area (Å²) in [5.41, 5.74) is 0.212. The van der Waals surface area contributed by atoms with Crippen molar-refractivity contribution in [2.45, 2.75) is 25.0 Å². The minimum Gasteiger partial charge on any atom is -0.479 e. The van der Waals surface area contributed by atoms with E-state index in [9.17, 15) is 13.2 Å². The van der Waals surface area contributed by atoms with Crippen LogP contribution in [0.5, 0.6) is 5.88 Å². The van der Waals surface area contributed by atoms with E-state index in [2.05, 4.69) is 15.0 Å². The van der Waals surface area contributed by atoms with E-state index in [1.54, 1.807) is 0 Å². The van der Waals surface area contributed by atoms with Gasteiger partial charge in [-0.1, -0.05) is 0 Å². The number of ether oxygens (including phenoxy) is 1. The standard InChI is InChI=1S/C10H10ClF3N4O/c1-5(11)7-17-6-8(15-4-16-9(6)19-2)18(7)3-10(12,13)14/h4-5H,3H2,1-2H3. The van der Waals surface area contributed by atoms with Crippen molar-refractivity contribution in [1.82, 2.24) is 19.5 Å². The third kappa shape index (κ3) is 2.73. The Labute approximate surface area is 111 Å². The minimum atomic E-state index is -4.40. The van der Waals surface area contributed by atoms with Crippen LogP contribution in [0.1, 0.15) is 18.1 Å². The van der Waals surface area contributed by atoms with Gasteiger partial charge in [-0.2, -0.15) is 18.2 Å². The molecule has 2 aromatic heterocycles. The van der Waals surface area contributed by atoms with E-state index in [1.165, 1.54) is 14.0 Å². The van der Waals surface area contributed by atoms with E-state index in [1.807, 2.05) is 0 Å². The van der Waals surface area contributed by atoms with E-state index < -0.39 is 18.1 Å². The highest BCUT2D eigenvalue weighted by Crippen LogP contribution is 2.30. The first-order chi connectivity index (χ1) is 8.83. The van der Waals surface area contributed by atoms with Crippen molar-refractivity contribution in [2.24, 2.45) is 0 Å². The summed E-state index contributed by atoms with van der Waals surface area (Å²) >= 11 is 5.86. The summed E-state index contributed by atoms with van der Waals surface area (Å²) in [6.07, 6.45) is -3.27. The molecule has 2 heterocycles. The first-order valence-electron chi connectivity index (χ1n) is 5.29. The van der Waals surface area contributed by atoms with E-state index in [4.69, 9.17) is 16.3 Å².